The second-order valence-electron chi connectivity index (χ2n) is 29.2. The van der Waals surface area contributed by atoms with E-state index in [0.717, 1.165) is 227 Å². The van der Waals surface area contributed by atoms with E-state index >= 15 is 0 Å². The summed E-state index contributed by atoms with van der Waals surface area (Å²) in [4.78, 5) is 60.7. The third-order valence-corrected chi connectivity index (χ3v) is 21.2. The van der Waals surface area contributed by atoms with Crippen molar-refractivity contribution in [3.05, 3.63) is 181 Å². The van der Waals surface area contributed by atoms with Gasteiger partial charge in [-0.25, -0.2) is 14.3 Å². The van der Waals surface area contributed by atoms with Gasteiger partial charge < -0.3 is 50.7 Å². The molecule has 2 atom stereocenters. The van der Waals surface area contributed by atoms with Gasteiger partial charge in [0.05, 0.1) is 121 Å². The number of carbonyl (C=O) groups is 3. The first kappa shape index (κ1) is 69.1. The zero-order valence-electron chi connectivity index (χ0n) is 59.5. The van der Waals surface area contributed by atoms with Crippen LogP contribution in [0.5, 0.6) is 0 Å². The molecule has 3 amide bonds. The second-order valence-corrected chi connectivity index (χ2v) is 29.2. The Morgan fingerprint density at radius 2 is 0.874 bits per heavy atom. The van der Waals surface area contributed by atoms with Crippen molar-refractivity contribution in [2.24, 2.45) is 0 Å². The van der Waals surface area contributed by atoms with E-state index in [1.54, 1.807) is 6.20 Å². The van der Waals surface area contributed by atoms with E-state index in [-0.39, 0.29) is 17.7 Å². The first-order valence-electron chi connectivity index (χ1n) is 37.1. The molecule has 23 heteroatoms. The van der Waals surface area contributed by atoms with Crippen molar-refractivity contribution in [2.75, 3.05) is 75.2 Å². The summed E-state index contributed by atoms with van der Waals surface area (Å²) in [6.07, 6.45) is 37.0. The van der Waals surface area contributed by atoms with Crippen LogP contribution in [0.25, 0.3) is 50.6 Å². The van der Waals surface area contributed by atoms with Crippen LogP contribution in [0.3, 0.4) is 0 Å². The van der Waals surface area contributed by atoms with E-state index < -0.39 is 0 Å². The molecule has 3 aromatic carbocycles. The molecule has 3 saturated carbocycles. The summed E-state index contributed by atoms with van der Waals surface area (Å²) in [6.45, 7) is 17.0. The molecule has 103 heavy (non-hydrogen) atoms. The van der Waals surface area contributed by atoms with Gasteiger partial charge in [-0.3, -0.25) is 39.1 Å². The molecule has 5 aliphatic heterocycles. The highest BCUT2D eigenvalue weighted by atomic mass is 16.5. The number of nitrogens with one attached hydrogen (secondary N) is 6. The number of carbonyl (C=O) groups excluding carboxylic acids is 3. The van der Waals surface area contributed by atoms with Gasteiger partial charge >= 0.3 is 0 Å². The van der Waals surface area contributed by atoms with Crippen LogP contribution in [0.2, 0.25) is 0 Å². The van der Waals surface area contributed by atoms with Crippen molar-refractivity contribution in [3.63, 3.8) is 0 Å². The van der Waals surface area contributed by atoms with Crippen molar-refractivity contribution in [3.8, 4) is 50.6 Å². The molecule has 11 heterocycles. The second kappa shape index (κ2) is 31.5. The van der Waals surface area contributed by atoms with Crippen LogP contribution < -0.4 is 31.9 Å². The molecular formula is C80H95N17O6. The van der Waals surface area contributed by atoms with Gasteiger partial charge in [-0.2, -0.15) is 10.2 Å². The summed E-state index contributed by atoms with van der Waals surface area (Å²) in [7, 11) is 0. The Balaban J connectivity index is 0.000000125. The van der Waals surface area contributed by atoms with Gasteiger partial charge in [-0.05, 0) is 194 Å². The number of aryl methyl sites for hydroxylation is 3. The topological polar surface area (TPSA) is 250 Å². The molecule has 8 fully saturated rings. The van der Waals surface area contributed by atoms with Crippen LogP contribution in [-0.4, -0.2) is 185 Å². The first-order chi connectivity index (χ1) is 50.3. The molecule has 8 aliphatic rings. The largest absolute Gasteiger partial charge is 0.381 e. The molecular weight excluding hydrogens is 1290 g/mol. The maximum atomic E-state index is 12.6. The molecule has 3 aliphatic carbocycles. The van der Waals surface area contributed by atoms with E-state index in [4.69, 9.17) is 14.2 Å². The minimum atomic E-state index is -0.0111. The zero-order chi connectivity index (χ0) is 70.3. The SMILES string of the molecule is Cc1ccc(C(=O)NC2CC2)cc1-c1cn(-c2cncc(NC3CCN(C4COC4)CC3)c2)cn1.Cc1ccc(C(=O)NC2CC2)cc1-c1cnn(-c2cncc(NC3CCN(C4CCOC4C)CC3)c2)c1.Cc1ccc(C(=O)NC2CC2)cc1-c1cnn(-c2cncc(NC3CCOCC3)c2)c1. The van der Waals surface area contributed by atoms with Crippen LogP contribution in [0, 0.1) is 20.8 Å². The van der Waals surface area contributed by atoms with E-state index in [1.165, 1.54) is 0 Å². The lowest BCUT2D eigenvalue weighted by molar-refractivity contribution is -0.0705. The molecule has 23 nitrogen and oxygen atoms in total. The maximum Gasteiger partial charge on any atom is 0.251 e. The van der Waals surface area contributed by atoms with Gasteiger partial charge in [0, 0.05) is 140 Å². The predicted molar refractivity (Wildman–Crippen MR) is 398 cm³/mol. The number of amides is 3. The van der Waals surface area contributed by atoms with E-state index in [2.05, 4.69) is 111 Å². The molecule has 2 unspecified atom stereocenters. The fraction of sp³-hybridized carbons (Fsp3) is 0.438. The number of pyridine rings is 3. The molecule has 6 N–H and O–H groups in total. The average molecular weight is 1390 g/mol. The Morgan fingerprint density at radius 3 is 1.32 bits per heavy atom. The van der Waals surface area contributed by atoms with Crippen molar-refractivity contribution in [1.82, 2.24) is 69.8 Å². The fourth-order valence-electron chi connectivity index (χ4n) is 14.4. The molecule has 6 aromatic heterocycles. The van der Waals surface area contributed by atoms with Crippen molar-refractivity contribution < 1.29 is 28.6 Å². The van der Waals surface area contributed by atoms with E-state index in [0.29, 0.717) is 71.1 Å². The lowest BCUT2D eigenvalue weighted by Crippen LogP contribution is -2.53. The van der Waals surface area contributed by atoms with Gasteiger partial charge in [0.2, 0.25) is 0 Å². The molecule has 536 valence electrons. The van der Waals surface area contributed by atoms with Crippen molar-refractivity contribution in [2.45, 2.75) is 166 Å². The van der Waals surface area contributed by atoms with Crippen LogP contribution in [0.4, 0.5) is 17.1 Å². The summed E-state index contributed by atoms with van der Waals surface area (Å²) >= 11 is 0. The molecule has 9 aromatic rings. The summed E-state index contributed by atoms with van der Waals surface area (Å²) in [5.74, 6) is -0.0220. The predicted octanol–water partition coefficient (Wildman–Crippen LogP) is 11.3. The lowest BCUT2D eigenvalue weighted by atomic mass is 10.00. The van der Waals surface area contributed by atoms with Crippen molar-refractivity contribution >= 4 is 34.8 Å². The molecule has 0 bridgehead atoms. The number of ether oxygens (including phenoxy) is 3. The van der Waals surface area contributed by atoms with Gasteiger partial charge in [-0.1, -0.05) is 18.2 Å². The normalized spacial score (nSPS) is 19.8. The smallest absolute Gasteiger partial charge is 0.251 e. The van der Waals surface area contributed by atoms with Gasteiger partial charge in [0.15, 0.2) is 0 Å². The number of hydrogen-bond donors (Lipinski definition) is 6. The van der Waals surface area contributed by atoms with Gasteiger partial charge in [-0.15, -0.1) is 0 Å². The van der Waals surface area contributed by atoms with E-state index in [1.807, 2.05) is 144 Å². The highest BCUT2D eigenvalue weighted by Gasteiger charge is 2.34. The number of nitrogens with zero attached hydrogens (tertiary/aromatic N) is 11. The highest BCUT2D eigenvalue weighted by Crippen LogP contribution is 2.33. The third kappa shape index (κ3) is 17.5. The molecule has 17 rings (SSSR count). The number of rotatable bonds is 20. The summed E-state index contributed by atoms with van der Waals surface area (Å²) in [6, 6.07) is 27.3. The summed E-state index contributed by atoms with van der Waals surface area (Å²) in [5, 5.41) is 29.3. The Labute approximate surface area is 602 Å². The number of piperidine rings is 2. The number of likely N-dealkylation sites (tertiary alicyclic amines) is 2. The van der Waals surface area contributed by atoms with Crippen LogP contribution >= 0.6 is 0 Å². The molecule has 5 saturated heterocycles. The number of imidazole rings is 1. The number of aromatic nitrogens is 9. The fourth-order valence-corrected chi connectivity index (χ4v) is 14.4. The summed E-state index contributed by atoms with van der Waals surface area (Å²) < 4.78 is 22.2. The van der Waals surface area contributed by atoms with Gasteiger partial charge in [0.1, 0.15) is 0 Å². The number of anilines is 3. The Morgan fingerprint density at radius 1 is 0.437 bits per heavy atom. The van der Waals surface area contributed by atoms with Crippen LogP contribution in [0.15, 0.2) is 147 Å². The third-order valence-electron chi connectivity index (χ3n) is 21.2. The number of benzene rings is 3. The quantitative estimate of drug-likeness (QED) is 0.0415. The zero-order valence-corrected chi connectivity index (χ0v) is 59.5. The molecule has 0 radical (unpaired) electrons. The summed E-state index contributed by atoms with van der Waals surface area (Å²) in [5.41, 5.74) is 16.9. The lowest BCUT2D eigenvalue weighted by Gasteiger charge is -2.41. The van der Waals surface area contributed by atoms with Crippen LogP contribution in [-0.2, 0) is 14.2 Å². The minimum absolute atomic E-state index is 0.00367. The standard InChI is InChI=1S/C29H36N6O2.C27H32N6O2.C24H27N5O2/c1-19-3-4-21(29(36)33-23-5-6-23)13-27(19)22-15-31-35(18-22)26-14-25(16-30-17-26)32-24-7-10-34(11-8-24)28-9-12-37-20(28)2;1-18-2-3-19(27(34)31-20-4-5-20)10-25(18)26-14-33(17-29-26)23-11-22(12-28-13-23)30-21-6-8-32(9-7-21)24-15-35-16-24;1-16-2-3-17(24(30)28-19-4-5-19)10-23(16)18-12-26-29(15-18)22-11-21(13-25-14-22)27-20-6-8-31-9-7-20/h3-4,13-18,20,23-24,28,32H,5-12H2,1-2H3,(H,33,36);2-3,10-14,17,20-21,24,30H,4-9,15-16H2,1H3,(H,31,34);2-3,10-15,19-20,27H,4-9H2,1H3,(H,28,30). The Kier molecular flexibility index (Phi) is 21.1. The monoisotopic (exact) mass is 1390 g/mol. The van der Waals surface area contributed by atoms with Crippen LogP contribution in [0.1, 0.15) is 138 Å². The maximum absolute atomic E-state index is 12.6. The minimum Gasteiger partial charge on any atom is -0.381 e. The highest BCUT2D eigenvalue weighted by molar-refractivity contribution is 5.97. The first-order valence-corrected chi connectivity index (χ1v) is 37.1. The Bertz CT molecular complexity index is 4430. The number of hydrogen-bond acceptors (Lipinski definition) is 17. The average Bonchev–Trinajstić information content (AvgIpc) is 1.66. The van der Waals surface area contributed by atoms with Gasteiger partial charge in [0.25, 0.3) is 17.7 Å². The van der Waals surface area contributed by atoms with Crippen molar-refractivity contribution in [1.29, 1.82) is 0 Å². The van der Waals surface area contributed by atoms with E-state index in [9.17, 15) is 14.4 Å². The Hall–Kier alpha value is -9.65. The molecule has 0 spiro atoms.